The second kappa shape index (κ2) is 8.62. The van der Waals surface area contributed by atoms with Gasteiger partial charge >= 0.3 is 6.03 Å². The molecule has 1 aliphatic rings. The Morgan fingerprint density at radius 1 is 1.06 bits per heavy atom. The van der Waals surface area contributed by atoms with Gasteiger partial charge in [-0.1, -0.05) is 12.1 Å². The van der Waals surface area contributed by atoms with Gasteiger partial charge in [-0.05, 0) is 41.3 Å². The molecular formula is C23H24N4O5. The van der Waals surface area contributed by atoms with Crippen molar-refractivity contribution >= 4 is 34.4 Å². The first-order valence-corrected chi connectivity index (χ1v) is 10.1. The van der Waals surface area contributed by atoms with Gasteiger partial charge in [-0.15, -0.1) is 0 Å². The van der Waals surface area contributed by atoms with Crippen molar-refractivity contribution in [2.75, 3.05) is 19.5 Å². The maximum Gasteiger partial charge on any atom is 0.325 e. The summed E-state index contributed by atoms with van der Waals surface area (Å²) in [5.41, 5.74) is 2.31. The smallest absolute Gasteiger partial charge is 0.325 e. The molecule has 3 aromatic rings. The van der Waals surface area contributed by atoms with Crippen LogP contribution in [-0.4, -0.2) is 47.6 Å². The topological polar surface area (TPSA) is 102 Å². The van der Waals surface area contributed by atoms with E-state index >= 15 is 0 Å². The van der Waals surface area contributed by atoms with Crippen molar-refractivity contribution in [2.45, 2.75) is 19.0 Å². The lowest BCUT2D eigenvalue weighted by atomic mass is 10.1. The van der Waals surface area contributed by atoms with Crippen LogP contribution in [0.1, 0.15) is 12.0 Å². The van der Waals surface area contributed by atoms with Crippen LogP contribution in [0.15, 0.2) is 48.7 Å². The number of hydrogen-bond acceptors (Lipinski definition) is 5. The number of ether oxygens (including phenoxy) is 2. The molecule has 0 spiro atoms. The minimum atomic E-state index is -0.915. The van der Waals surface area contributed by atoms with Gasteiger partial charge in [-0.25, -0.2) is 4.79 Å². The molecule has 2 heterocycles. The van der Waals surface area contributed by atoms with Crippen LogP contribution in [0, 0.1) is 0 Å². The zero-order valence-corrected chi connectivity index (χ0v) is 18.0. The summed E-state index contributed by atoms with van der Waals surface area (Å²) in [6, 6.07) is 11.3. The number of amides is 4. The highest BCUT2D eigenvalue weighted by Crippen LogP contribution is 2.28. The molecule has 9 heteroatoms. The molecule has 1 fully saturated rings. The van der Waals surface area contributed by atoms with Crippen molar-refractivity contribution in [2.24, 2.45) is 7.05 Å². The van der Waals surface area contributed by atoms with Crippen molar-refractivity contribution in [3.63, 3.8) is 0 Å². The van der Waals surface area contributed by atoms with Gasteiger partial charge in [0.1, 0.15) is 6.04 Å². The Balaban J connectivity index is 1.40. The SMILES string of the molecule is COc1ccc(CN2C(=O)N[C@H](CC(=O)Nc3ccc4ccn(C)c4c3)C2=O)cc1OC. The molecule has 1 aromatic heterocycles. The Hall–Kier alpha value is -4.01. The van der Waals surface area contributed by atoms with Gasteiger partial charge in [0.15, 0.2) is 11.5 Å². The number of carbonyl (C=O) groups excluding carboxylic acids is 3. The average molecular weight is 436 g/mol. The Kier molecular flexibility index (Phi) is 5.72. The van der Waals surface area contributed by atoms with Gasteiger partial charge in [0.25, 0.3) is 5.91 Å². The van der Waals surface area contributed by atoms with Crippen LogP contribution < -0.4 is 20.1 Å². The van der Waals surface area contributed by atoms with Gasteiger partial charge in [-0.2, -0.15) is 0 Å². The molecule has 166 valence electrons. The maximum atomic E-state index is 12.8. The van der Waals surface area contributed by atoms with Crippen LogP contribution in [0.5, 0.6) is 11.5 Å². The van der Waals surface area contributed by atoms with Crippen LogP contribution >= 0.6 is 0 Å². The lowest BCUT2D eigenvalue weighted by molar-refractivity contribution is -0.130. The van der Waals surface area contributed by atoms with E-state index in [9.17, 15) is 14.4 Å². The van der Waals surface area contributed by atoms with Gasteiger partial charge in [-0.3, -0.25) is 14.5 Å². The first-order valence-electron chi connectivity index (χ1n) is 10.1. The predicted octanol–water partition coefficient (Wildman–Crippen LogP) is 2.64. The summed E-state index contributed by atoms with van der Waals surface area (Å²) >= 11 is 0. The van der Waals surface area contributed by atoms with Crippen LogP contribution in [-0.2, 0) is 23.2 Å². The van der Waals surface area contributed by atoms with Gasteiger partial charge < -0.3 is 24.7 Å². The molecule has 32 heavy (non-hydrogen) atoms. The normalized spacial score (nSPS) is 15.7. The summed E-state index contributed by atoms with van der Waals surface area (Å²) in [4.78, 5) is 38.8. The molecule has 1 saturated heterocycles. The third-order valence-corrected chi connectivity index (χ3v) is 5.46. The Labute approximate surface area is 184 Å². The molecule has 2 N–H and O–H groups in total. The molecular weight excluding hydrogens is 412 g/mol. The van der Waals surface area contributed by atoms with E-state index in [2.05, 4.69) is 10.6 Å². The van der Waals surface area contributed by atoms with Crippen molar-refractivity contribution in [1.82, 2.24) is 14.8 Å². The van der Waals surface area contributed by atoms with E-state index in [0.717, 1.165) is 15.8 Å². The molecule has 0 radical (unpaired) electrons. The van der Waals surface area contributed by atoms with E-state index < -0.39 is 18.0 Å². The standard InChI is InChI=1S/C23H24N4O5/c1-26-9-8-15-5-6-16(11-18(15)26)24-21(28)12-17-22(29)27(23(30)25-17)13-14-4-7-19(31-2)20(10-14)32-3/h4-11,17H,12-13H2,1-3H3,(H,24,28)(H,25,30)/t17-/m1/s1. The minimum absolute atomic E-state index is 0.0628. The van der Waals surface area contributed by atoms with Crippen LogP contribution in [0.25, 0.3) is 10.9 Å². The Morgan fingerprint density at radius 2 is 1.84 bits per heavy atom. The van der Waals surface area contributed by atoms with E-state index in [-0.39, 0.29) is 18.9 Å². The van der Waals surface area contributed by atoms with E-state index in [1.807, 2.05) is 36.0 Å². The van der Waals surface area contributed by atoms with Crippen LogP contribution in [0.3, 0.4) is 0 Å². The van der Waals surface area contributed by atoms with Gasteiger partial charge in [0.2, 0.25) is 5.91 Å². The molecule has 0 bridgehead atoms. The molecule has 9 nitrogen and oxygen atoms in total. The second-order valence-electron chi connectivity index (χ2n) is 7.57. The van der Waals surface area contributed by atoms with E-state index in [0.29, 0.717) is 22.7 Å². The number of nitrogens with zero attached hydrogens (tertiary/aromatic N) is 2. The number of imide groups is 1. The molecule has 1 aliphatic heterocycles. The van der Waals surface area contributed by atoms with Crippen molar-refractivity contribution < 1.29 is 23.9 Å². The number of urea groups is 1. The molecule has 4 rings (SSSR count). The minimum Gasteiger partial charge on any atom is -0.493 e. The number of carbonyl (C=O) groups is 3. The summed E-state index contributed by atoms with van der Waals surface area (Å²) in [7, 11) is 4.97. The zero-order valence-electron chi connectivity index (χ0n) is 18.0. The molecule has 4 amide bonds. The number of fused-ring (bicyclic) bond motifs is 1. The van der Waals surface area contributed by atoms with Crippen molar-refractivity contribution in [3.05, 3.63) is 54.2 Å². The fraction of sp³-hybridized carbons (Fsp3) is 0.261. The average Bonchev–Trinajstić information content (AvgIpc) is 3.27. The molecule has 1 atom stereocenters. The lowest BCUT2D eigenvalue weighted by Crippen LogP contribution is -2.34. The van der Waals surface area contributed by atoms with Gasteiger partial charge in [0.05, 0.1) is 27.2 Å². The second-order valence-corrected chi connectivity index (χ2v) is 7.57. The highest BCUT2D eigenvalue weighted by molar-refractivity contribution is 6.07. The highest BCUT2D eigenvalue weighted by Gasteiger charge is 2.39. The highest BCUT2D eigenvalue weighted by atomic mass is 16.5. The number of aromatic nitrogens is 1. The fourth-order valence-electron chi connectivity index (χ4n) is 3.76. The van der Waals surface area contributed by atoms with Crippen molar-refractivity contribution in [3.8, 4) is 11.5 Å². The summed E-state index contributed by atoms with van der Waals surface area (Å²) in [6.07, 6.45) is 1.79. The maximum absolute atomic E-state index is 12.8. The quantitative estimate of drug-likeness (QED) is 0.555. The molecule has 0 aliphatic carbocycles. The van der Waals surface area contributed by atoms with Crippen LogP contribution in [0.2, 0.25) is 0 Å². The third kappa shape index (κ3) is 4.09. The summed E-state index contributed by atoms with van der Waals surface area (Å²) < 4.78 is 12.4. The van der Waals surface area contributed by atoms with E-state index in [1.54, 1.807) is 24.3 Å². The van der Waals surface area contributed by atoms with E-state index in [4.69, 9.17) is 9.47 Å². The predicted molar refractivity (Wildman–Crippen MR) is 119 cm³/mol. The van der Waals surface area contributed by atoms with Crippen molar-refractivity contribution in [1.29, 1.82) is 0 Å². The largest absolute Gasteiger partial charge is 0.493 e. The lowest BCUT2D eigenvalue weighted by Gasteiger charge is -2.15. The molecule has 0 unspecified atom stereocenters. The number of hydrogen-bond donors (Lipinski definition) is 2. The monoisotopic (exact) mass is 436 g/mol. The summed E-state index contributed by atoms with van der Waals surface area (Å²) in [6.45, 7) is 0.0628. The number of aryl methyl sites for hydroxylation is 1. The number of benzene rings is 2. The van der Waals surface area contributed by atoms with Crippen LogP contribution in [0.4, 0.5) is 10.5 Å². The van der Waals surface area contributed by atoms with Gasteiger partial charge in [0, 0.05) is 24.4 Å². The number of methoxy groups -OCH3 is 2. The first-order chi connectivity index (χ1) is 15.4. The summed E-state index contributed by atoms with van der Waals surface area (Å²) in [5, 5.41) is 6.46. The third-order valence-electron chi connectivity index (χ3n) is 5.46. The Morgan fingerprint density at radius 3 is 2.59 bits per heavy atom. The number of rotatable bonds is 7. The molecule has 2 aromatic carbocycles. The number of anilines is 1. The van der Waals surface area contributed by atoms with E-state index in [1.165, 1.54) is 14.2 Å². The number of nitrogens with one attached hydrogen (secondary N) is 2. The Bertz CT molecular complexity index is 1200. The first kappa shape index (κ1) is 21.2. The fourth-order valence-corrected chi connectivity index (χ4v) is 3.76. The summed E-state index contributed by atoms with van der Waals surface area (Å²) in [5.74, 6) is 0.252. The molecule has 0 saturated carbocycles. The zero-order chi connectivity index (χ0) is 22.8.